The topological polar surface area (TPSA) is 50.1 Å². The van der Waals surface area contributed by atoms with Crippen molar-refractivity contribution in [2.24, 2.45) is 5.41 Å². The number of aromatic nitrogens is 2. The predicted molar refractivity (Wildman–Crippen MR) is 70.2 cm³/mol. The first-order valence-electron chi connectivity index (χ1n) is 7.00. The normalized spacial score (nSPS) is 38.6. The molecule has 0 radical (unpaired) electrons. The Balaban J connectivity index is 1.66. The van der Waals surface area contributed by atoms with Gasteiger partial charge in [-0.05, 0) is 25.7 Å². The van der Waals surface area contributed by atoms with E-state index in [1.165, 1.54) is 19.3 Å². The fourth-order valence-corrected chi connectivity index (χ4v) is 3.40. The van der Waals surface area contributed by atoms with E-state index in [2.05, 4.69) is 34.9 Å². The largest absolute Gasteiger partial charge is 0.392 e. The molecule has 1 aromatic heterocycles. The highest BCUT2D eigenvalue weighted by Gasteiger charge is 2.48. The molecule has 3 rings (SSSR count). The van der Waals surface area contributed by atoms with E-state index >= 15 is 0 Å². The molecule has 2 N–H and O–H groups in total. The minimum Gasteiger partial charge on any atom is -0.392 e. The van der Waals surface area contributed by atoms with Gasteiger partial charge in [-0.3, -0.25) is 0 Å². The van der Waals surface area contributed by atoms with Gasteiger partial charge in [0.05, 0.1) is 12.4 Å². The second kappa shape index (κ2) is 4.35. The summed E-state index contributed by atoms with van der Waals surface area (Å²) in [6.07, 6.45) is 10.3. The Hall–Kier alpha value is -0.870. The molecular weight excluding hydrogens is 226 g/mol. The van der Waals surface area contributed by atoms with E-state index < -0.39 is 0 Å². The monoisotopic (exact) mass is 249 g/mol. The number of nitrogens with one attached hydrogen (secondary N) is 1. The summed E-state index contributed by atoms with van der Waals surface area (Å²) in [5.41, 5.74) is 0.0160. The highest BCUT2D eigenvalue weighted by atomic mass is 16.3. The van der Waals surface area contributed by atoms with Crippen molar-refractivity contribution in [1.29, 1.82) is 0 Å². The Morgan fingerprint density at radius 3 is 2.83 bits per heavy atom. The van der Waals surface area contributed by atoms with Crippen molar-refractivity contribution < 1.29 is 5.11 Å². The number of hydrogen-bond acceptors (Lipinski definition) is 3. The standard InChI is InChI=1S/C14H23N3O/c1-14(2)12(8-13(14)18)16-10-4-3-5-11(10)17-7-6-15-9-17/h6-7,9-13,16,18H,3-5,8H2,1-2H3. The van der Waals surface area contributed by atoms with Crippen molar-refractivity contribution in [2.45, 2.75) is 63.8 Å². The average molecular weight is 249 g/mol. The fourth-order valence-electron chi connectivity index (χ4n) is 3.40. The number of nitrogens with zero attached hydrogens (tertiary/aromatic N) is 2. The van der Waals surface area contributed by atoms with Crippen molar-refractivity contribution in [2.75, 3.05) is 0 Å². The molecule has 4 atom stereocenters. The first kappa shape index (κ1) is 12.2. The van der Waals surface area contributed by atoms with Gasteiger partial charge in [0.2, 0.25) is 0 Å². The van der Waals surface area contributed by atoms with Crippen LogP contribution in [0.1, 0.15) is 45.6 Å². The van der Waals surface area contributed by atoms with Crippen LogP contribution < -0.4 is 5.32 Å². The molecule has 0 amide bonds. The zero-order valence-electron chi connectivity index (χ0n) is 11.2. The fraction of sp³-hybridized carbons (Fsp3) is 0.786. The highest BCUT2D eigenvalue weighted by molar-refractivity contribution is 5.04. The Labute approximate surface area is 108 Å². The van der Waals surface area contributed by atoms with Gasteiger partial charge in [-0.15, -0.1) is 0 Å². The molecule has 2 aliphatic carbocycles. The van der Waals surface area contributed by atoms with Crippen LogP contribution in [0.2, 0.25) is 0 Å². The van der Waals surface area contributed by atoms with Gasteiger partial charge in [-0.2, -0.15) is 0 Å². The van der Waals surface area contributed by atoms with Crippen LogP contribution in [0.3, 0.4) is 0 Å². The lowest BCUT2D eigenvalue weighted by Crippen LogP contribution is -2.62. The molecule has 4 heteroatoms. The smallest absolute Gasteiger partial charge is 0.0949 e. The zero-order valence-corrected chi connectivity index (χ0v) is 11.2. The Morgan fingerprint density at radius 2 is 2.22 bits per heavy atom. The molecule has 2 saturated carbocycles. The van der Waals surface area contributed by atoms with Crippen LogP contribution in [-0.2, 0) is 0 Å². The van der Waals surface area contributed by atoms with E-state index in [0.29, 0.717) is 18.1 Å². The SMILES string of the molecule is CC1(C)C(O)CC1NC1CCCC1n1ccnc1. The lowest BCUT2D eigenvalue weighted by molar-refractivity contribution is -0.0769. The summed E-state index contributed by atoms with van der Waals surface area (Å²) in [6.45, 7) is 4.31. The van der Waals surface area contributed by atoms with E-state index in [1.807, 2.05) is 12.5 Å². The van der Waals surface area contributed by atoms with E-state index in [4.69, 9.17) is 0 Å². The molecule has 0 aromatic carbocycles. The Kier molecular flexibility index (Phi) is 2.94. The minimum atomic E-state index is -0.150. The van der Waals surface area contributed by atoms with Crippen molar-refractivity contribution >= 4 is 0 Å². The number of imidazole rings is 1. The van der Waals surface area contributed by atoms with Gasteiger partial charge < -0.3 is 15.0 Å². The van der Waals surface area contributed by atoms with Crippen LogP contribution in [0.5, 0.6) is 0 Å². The molecule has 0 spiro atoms. The summed E-state index contributed by atoms with van der Waals surface area (Å²) in [5, 5.41) is 13.6. The van der Waals surface area contributed by atoms with Gasteiger partial charge in [0.25, 0.3) is 0 Å². The summed E-state index contributed by atoms with van der Waals surface area (Å²) < 4.78 is 2.23. The minimum absolute atomic E-state index is 0.0160. The Bertz CT molecular complexity index is 401. The summed E-state index contributed by atoms with van der Waals surface area (Å²) in [5.74, 6) is 0. The van der Waals surface area contributed by atoms with E-state index in [1.54, 1.807) is 0 Å². The molecule has 1 heterocycles. The van der Waals surface area contributed by atoms with E-state index in [-0.39, 0.29) is 11.5 Å². The second-order valence-corrected chi connectivity index (χ2v) is 6.41. The van der Waals surface area contributed by atoms with Crippen LogP contribution in [0.25, 0.3) is 0 Å². The van der Waals surface area contributed by atoms with Gasteiger partial charge in [0.15, 0.2) is 0 Å². The quantitative estimate of drug-likeness (QED) is 0.857. The molecule has 1 aromatic rings. The summed E-state index contributed by atoms with van der Waals surface area (Å²) in [7, 11) is 0. The van der Waals surface area contributed by atoms with Gasteiger partial charge >= 0.3 is 0 Å². The molecular formula is C14H23N3O. The number of hydrogen-bond donors (Lipinski definition) is 2. The predicted octanol–water partition coefficient (Wildman–Crippen LogP) is 1.73. The van der Waals surface area contributed by atoms with Crippen molar-refractivity contribution in [3.8, 4) is 0 Å². The molecule has 2 fully saturated rings. The summed E-state index contributed by atoms with van der Waals surface area (Å²) in [4.78, 5) is 4.15. The van der Waals surface area contributed by atoms with Gasteiger partial charge in [0.1, 0.15) is 0 Å². The number of rotatable bonds is 3. The first-order chi connectivity index (χ1) is 8.59. The third-order valence-electron chi connectivity index (χ3n) is 5.02. The molecule has 4 nitrogen and oxygen atoms in total. The van der Waals surface area contributed by atoms with Crippen LogP contribution in [-0.4, -0.2) is 32.8 Å². The highest BCUT2D eigenvalue weighted by Crippen LogP contribution is 2.42. The van der Waals surface area contributed by atoms with E-state index in [9.17, 15) is 5.11 Å². The second-order valence-electron chi connectivity index (χ2n) is 6.41. The van der Waals surface area contributed by atoms with Gasteiger partial charge in [-0.25, -0.2) is 4.98 Å². The maximum atomic E-state index is 9.81. The third-order valence-corrected chi connectivity index (χ3v) is 5.02. The molecule has 0 aliphatic heterocycles. The summed E-state index contributed by atoms with van der Waals surface area (Å²) in [6, 6.07) is 1.50. The molecule has 0 saturated heterocycles. The molecule has 2 aliphatic rings. The summed E-state index contributed by atoms with van der Waals surface area (Å²) >= 11 is 0. The maximum absolute atomic E-state index is 9.81. The van der Waals surface area contributed by atoms with Crippen molar-refractivity contribution in [1.82, 2.24) is 14.9 Å². The lowest BCUT2D eigenvalue weighted by atomic mass is 9.64. The molecule has 18 heavy (non-hydrogen) atoms. The van der Waals surface area contributed by atoms with Crippen molar-refractivity contribution in [3.05, 3.63) is 18.7 Å². The number of aliphatic hydroxyl groups excluding tert-OH is 1. The van der Waals surface area contributed by atoms with Crippen LogP contribution in [0.4, 0.5) is 0 Å². The van der Waals surface area contributed by atoms with Crippen LogP contribution in [0.15, 0.2) is 18.7 Å². The molecule has 100 valence electrons. The molecule has 0 bridgehead atoms. The van der Waals surface area contributed by atoms with Gasteiger partial charge in [0, 0.05) is 35.9 Å². The van der Waals surface area contributed by atoms with Crippen LogP contribution >= 0.6 is 0 Å². The van der Waals surface area contributed by atoms with Gasteiger partial charge in [-0.1, -0.05) is 13.8 Å². The van der Waals surface area contributed by atoms with Crippen molar-refractivity contribution in [3.63, 3.8) is 0 Å². The third kappa shape index (κ3) is 1.88. The zero-order chi connectivity index (χ0) is 12.8. The van der Waals surface area contributed by atoms with Crippen LogP contribution in [0, 0.1) is 5.41 Å². The maximum Gasteiger partial charge on any atom is 0.0949 e. The molecule has 4 unspecified atom stereocenters. The first-order valence-corrected chi connectivity index (χ1v) is 7.00. The number of aliphatic hydroxyl groups is 1. The van der Waals surface area contributed by atoms with E-state index in [0.717, 1.165) is 6.42 Å². The average Bonchev–Trinajstić information content (AvgIpc) is 2.98. The lowest BCUT2D eigenvalue weighted by Gasteiger charge is -2.51. The Morgan fingerprint density at radius 1 is 1.39 bits per heavy atom.